The Morgan fingerprint density at radius 3 is 2.12 bits per heavy atom. The summed E-state index contributed by atoms with van der Waals surface area (Å²) in [5, 5.41) is 5.53. The van der Waals surface area contributed by atoms with Crippen LogP contribution in [-0.4, -0.2) is 17.7 Å². The van der Waals surface area contributed by atoms with E-state index in [0.717, 1.165) is 12.8 Å². The summed E-state index contributed by atoms with van der Waals surface area (Å²) in [6, 6.07) is 13.1. The van der Waals surface area contributed by atoms with Crippen molar-refractivity contribution < 1.29 is 14.4 Å². The fourth-order valence-electron chi connectivity index (χ4n) is 2.61. The molecule has 0 unspecified atom stereocenters. The second-order valence-corrected chi connectivity index (χ2v) is 5.94. The molecule has 0 radical (unpaired) electrons. The van der Waals surface area contributed by atoms with Crippen molar-refractivity contribution in [2.45, 2.75) is 26.7 Å². The standard InChI is InChI=1S/C20H23N3O3/c1-3-13(4-2)19(25)22-15-11-9-14(10-12-15)20(26)23-17-8-6-5-7-16(17)18(21)24/h5-13H,3-4H2,1-2H3,(H2,21,24)(H,22,25)(H,23,26). The highest BCUT2D eigenvalue weighted by atomic mass is 16.2. The molecule has 0 saturated carbocycles. The van der Waals surface area contributed by atoms with Gasteiger partial charge in [0.2, 0.25) is 5.91 Å². The molecule has 0 heterocycles. The lowest BCUT2D eigenvalue weighted by atomic mass is 10.0. The van der Waals surface area contributed by atoms with Crippen LogP contribution in [-0.2, 0) is 4.79 Å². The minimum atomic E-state index is -0.611. The van der Waals surface area contributed by atoms with E-state index in [2.05, 4.69) is 10.6 Å². The Balaban J connectivity index is 2.08. The van der Waals surface area contributed by atoms with Gasteiger partial charge in [-0.05, 0) is 49.2 Å². The Kier molecular flexibility index (Phi) is 6.49. The molecule has 0 spiro atoms. The molecule has 0 bridgehead atoms. The van der Waals surface area contributed by atoms with Crippen LogP contribution in [0, 0.1) is 5.92 Å². The number of hydrogen-bond donors (Lipinski definition) is 3. The van der Waals surface area contributed by atoms with Crippen molar-refractivity contribution in [3.8, 4) is 0 Å². The molecule has 2 aromatic rings. The zero-order valence-electron chi connectivity index (χ0n) is 14.9. The van der Waals surface area contributed by atoms with Crippen LogP contribution >= 0.6 is 0 Å². The highest BCUT2D eigenvalue weighted by molar-refractivity contribution is 6.08. The topological polar surface area (TPSA) is 101 Å². The first-order valence-corrected chi connectivity index (χ1v) is 8.57. The number of carbonyl (C=O) groups excluding carboxylic acids is 3. The highest BCUT2D eigenvalue weighted by Gasteiger charge is 2.15. The molecule has 2 aromatic carbocycles. The third kappa shape index (κ3) is 4.69. The highest BCUT2D eigenvalue weighted by Crippen LogP contribution is 2.18. The Morgan fingerprint density at radius 1 is 0.923 bits per heavy atom. The van der Waals surface area contributed by atoms with Gasteiger partial charge in [-0.2, -0.15) is 0 Å². The molecule has 0 aliphatic rings. The quantitative estimate of drug-likeness (QED) is 0.711. The lowest BCUT2D eigenvalue weighted by Crippen LogP contribution is -2.21. The first kappa shape index (κ1) is 19.2. The van der Waals surface area contributed by atoms with Gasteiger partial charge in [0.15, 0.2) is 0 Å². The number of amides is 3. The second-order valence-electron chi connectivity index (χ2n) is 5.94. The monoisotopic (exact) mass is 353 g/mol. The molecule has 136 valence electrons. The zero-order valence-corrected chi connectivity index (χ0v) is 14.9. The molecule has 6 heteroatoms. The molecule has 0 saturated heterocycles. The predicted octanol–water partition coefficient (Wildman–Crippen LogP) is 3.41. The normalized spacial score (nSPS) is 10.4. The maximum absolute atomic E-state index is 12.4. The number of para-hydroxylation sites is 1. The average Bonchev–Trinajstić information content (AvgIpc) is 2.63. The molecular weight excluding hydrogens is 330 g/mol. The Labute approximate surface area is 152 Å². The van der Waals surface area contributed by atoms with Crippen molar-refractivity contribution in [3.63, 3.8) is 0 Å². The number of rotatable bonds is 7. The molecule has 0 aromatic heterocycles. The van der Waals surface area contributed by atoms with E-state index >= 15 is 0 Å². The maximum atomic E-state index is 12.4. The van der Waals surface area contributed by atoms with E-state index in [1.807, 2.05) is 13.8 Å². The van der Waals surface area contributed by atoms with Crippen molar-refractivity contribution in [1.82, 2.24) is 0 Å². The van der Waals surface area contributed by atoms with Crippen LogP contribution in [0.2, 0.25) is 0 Å². The fraction of sp³-hybridized carbons (Fsp3) is 0.250. The van der Waals surface area contributed by atoms with Gasteiger partial charge in [-0.25, -0.2) is 0 Å². The van der Waals surface area contributed by atoms with Crippen molar-refractivity contribution in [3.05, 3.63) is 59.7 Å². The van der Waals surface area contributed by atoms with E-state index in [0.29, 0.717) is 16.9 Å². The van der Waals surface area contributed by atoms with Gasteiger partial charge in [0.05, 0.1) is 11.3 Å². The molecule has 6 nitrogen and oxygen atoms in total. The molecule has 0 atom stereocenters. The SMILES string of the molecule is CCC(CC)C(=O)Nc1ccc(C(=O)Nc2ccccc2C(N)=O)cc1. The molecule has 0 aliphatic heterocycles. The summed E-state index contributed by atoms with van der Waals surface area (Å²) in [5.41, 5.74) is 6.96. The summed E-state index contributed by atoms with van der Waals surface area (Å²) in [5.74, 6) is -1.03. The van der Waals surface area contributed by atoms with Gasteiger partial charge in [-0.1, -0.05) is 26.0 Å². The Hall–Kier alpha value is -3.15. The van der Waals surface area contributed by atoms with E-state index in [1.54, 1.807) is 48.5 Å². The third-order valence-corrected chi connectivity index (χ3v) is 4.21. The molecule has 0 fully saturated rings. The van der Waals surface area contributed by atoms with E-state index in [-0.39, 0.29) is 23.3 Å². The molecule has 2 rings (SSSR count). The maximum Gasteiger partial charge on any atom is 0.255 e. The van der Waals surface area contributed by atoms with Gasteiger partial charge in [-0.15, -0.1) is 0 Å². The number of nitrogens with two attached hydrogens (primary N) is 1. The molecule has 0 aliphatic carbocycles. The smallest absolute Gasteiger partial charge is 0.255 e. The first-order valence-electron chi connectivity index (χ1n) is 8.57. The average molecular weight is 353 g/mol. The number of carbonyl (C=O) groups is 3. The Bertz CT molecular complexity index is 796. The third-order valence-electron chi connectivity index (χ3n) is 4.21. The molecule has 3 amide bonds. The van der Waals surface area contributed by atoms with Crippen LogP contribution < -0.4 is 16.4 Å². The zero-order chi connectivity index (χ0) is 19.1. The van der Waals surface area contributed by atoms with Crippen LogP contribution in [0.4, 0.5) is 11.4 Å². The summed E-state index contributed by atoms with van der Waals surface area (Å²) in [4.78, 5) is 35.9. The predicted molar refractivity (Wildman–Crippen MR) is 102 cm³/mol. The van der Waals surface area contributed by atoms with Gasteiger partial charge in [-0.3, -0.25) is 14.4 Å². The van der Waals surface area contributed by atoms with E-state index in [4.69, 9.17) is 5.73 Å². The molecule has 26 heavy (non-hydrogen) atoms. The van der Waals surface area contributed by atoms with Gasteiger partial charge in [0.1, 0.15) is 0 Å². The summed E-state index contributed by atoms with van der Waals surface area (Å²) in [6.45, 7) is 3.95. The lowest BCUT2D eigenvalue weighted by Gasteiger charge is -2.13. The number of primary amides is 1. The van der Waals surface area contributed by atoms with Crippen molar-refractivity contribution in [2.75, 3.05) is 10.6 Å². The van der Waals surface area contributed by atoms with E-state index < -0.39 is 5.91 Å². The minimum absolute atomic E-state index is 0.0247. The largest absolute Gasteiger partial charge is 0.366 e. The van der Waals surface area contributed by atoms with Gasteiger partial charge in [0, 0.05) is 17.2 Å². The van der Waals surface area contributed by atoms with Crippen LogP contribution in [0.15, 0.2) is 48.5 Å². The van der Waals surface area contributed by atoms with Gasteiger partial charge >= 0.3 is 0 Å². The first-order chi connectivity index (χ1) is 12.5. The van der Waals surface area contributed by atoms with Gasteiger partial charge < -0.3 is 16.4 Å². The minimum Gasteiger partial charge on any atom is -0.366 e. The summed E-state index contributed by atoms with van der Waals surface area (Å²) in [7, 11) is 0. The van der Waals surface area contributed by atoms with Crippen LogP contribution in [0.25, 0.3) is 0 Å². The fourth-order valence-corrected chi connectivity index (χ4v) is 2.61. The van der Waals surface area contributed by atoms with Crippen molar-refractivity contribution >= 4 is 29.1 Å². The summed E-state index contributed by atoms with van der Waals surface area (Å²) >= 11 is 0. The number of nitrogens with one attached hydrogen (secondary N) is 2. The number of hydrogen-bond acceptors (Lipinski definition) is 3. The number of benzene rings is 2. The van der Waals surface area contributed by atoms with E-state index in [1.165, 1.54) is 0 Å². The summed E-state index contributed by atoms with van der Waals surface area (Å²) in [6.07, 6.45) is 1.56. The lowest BCUT2D eigenvalue weighted by molar-refractivity contribution is -0.120. The summed E-state index contributed by atoms with van der Waals surface area (Å²) < 4.78 is 0. The second kappa shape index (κ2) is 8.80. The molecule has 4 N–H and O–H groups in total. The van der Waals surface area contributed by atoms with Crippen LogP contribution in [0.1, 0.15) is 47.4 Å². The molecular formula is C20H23N3O3. The van der Waals surface area contributed by atoms with Crippen LogP contribution in [0.3, 0.4) is 0 Å². The van der Waals surface area contributed by atoms with Gasteiger partial charge in [0.25, 0.3) is 11.8 Å². The van der Waals surface area contributed by atoms with Crippen LogP contribution in [0.5, 0.6) is 0 Å². The number of anilines is 2. The Morgan fingerprint density at radius 2 is 1.54 bits per heavy atom. The van der Waals surface area contributed by atoms with E-state index in [9.17, 15) is 14.4 Å². The van der Waals surface area contributed by atoms with Crippen molar-refractivity contribution in [1.29, 1.82) is 0 Å². The van der Waals surface area contributed by atoms with Crippen molar-refractivity contribution in [2.24, 2.45) is 11.7 Å².